The Kier molecular flexibility index (Phi) is 12.3. The minimum absolute atomic E-state index is 0.00152. The Morgan fingerprint density at radius 3 is 2.11 bits per heavy atom. The van der Waals surface area contributed by atoms with Gasteiger partial charge in [0.05, 0.1) is 6.61 Å². The van der Waals surface area contributed by atoms with Crippen LogP contribution in [-0.4, -0.2) is 34.6 Å². The summed E-state index contributed by atoms with van der Waals surface area (Å²) in [4.78, 5) is 12.0. The number of thioether (sulfide) groups is 2. The Hall–Kier alpha value is 0.170. The number of carbonyl (C=O) groups excluding carboxylic acids is 1. The van der Waals surface area contributed by atoms with E-state index in [1.807, 2.05) is 18.7 Å². The maximum absolute atomic E-state index is 12.0. The van der Waals surface area contributed by atoms with Crippen molar-refractivity contribution in [3.05, 3.63) is 0 Å². The van der Waals surface area contributed by atoms with Crippen LogP contribution in [0.2, 0.25) is 0 Å². The Morgan fingerprint density at radius 2 is 1.61 bits per heavy atom. The van der Waals surface area contributed by atoms with Crippen LogP contribution in [0.1, 0.15) is 53.4 Å². The second-order valence-corrected chi connectivity index (χ2v) is 7.06. The van der Waals surface area contributed by atoms with Crippen LogP contribution < -0.4 is 0 Å². The van der Waals surface area contributed by atoms with Crippen molar-refractivity contribution in [1.29, 1.82) is 0 Å². The molecule has 0 saturated heterocycles. The first kappa shape index (κ1) is 18.2. The summed E-state index contributed by atoms with van der Waals surface area (Å²) in [5.74, 6) is 2.16. The average Bonchev–Trinajstić information content (AvgIpc) is 2.35. The van der Waals surface area contributed by atoms with Gasteiger partial charge in [-0.3, -0.25) is 4.79 Å². The van der Waals surface area contributed by atoms with Crippen molar-refractivity contribution in [1.82, 2.24) is 0 Å². The van der Waals surface area contributed by atoms with E-state index in [1.54, 1.807) is 11.8 Å². The van der Waals surface area contributed by atoms with Gasteiger partial charge in [-0.2, -0.15) is 11.8 Å². The van der Waals surface area contributed by atoms with E-state index < -0.39 is 0 Å². The molecule has 0 saturated carbocycles. The van der Waals surface area contributed by atoms with Crippen molar-refractivity contribution in [2.24, 2.45) is 0 Å². The summed E-state index contributed by atoms with van der Waals surface area (Å²) in [6.45, 7) is 8.89. The molecule has 0 rings (SSSR count). The number of rotatable bonds is 11. The van der Waals surface area contributed by atoms with E-state index in [1.165, 1.54) is 25.7 Å². The summed E-state index contributed by atoms with van der Waals surface area (Å²) in [5.41, 5.74) is 0. The predicted octanol–water partition coefficient (Wildman–Crippen LogP) is 4.37. The molecule has 0 spiro atoms. The topological polar surface area (TPSA) is 26.3 Å². The van der Waals surface area contributed by atoms with E-state index >= 15 is 0 Å². The van der Waals surface area contributed by atoms with Gasteiger partial charge in [0.1, 0.15) is 5.25 Å². The normalized spacial score (nSPS) is 14.2. The summed E-state index contributed by atoms with van der Waals surface area (Å²) in [6, 6.07) is 0. The highest BCUT2D eigenvalue weighted by Crippen LogP contribution is 2.27. The molecule has 4 heteroatoms. The largest absolute Gasteiger partial charge is 0.465 e. The van der Waals surface area contributed by atoms with Crippen LogP contribution in [0.3, 0.4) is 0 Å². The lowest BCUT2D eigenvalue weighted by Gasteiger charge is -2.21. The fraction of sp³-hybridized carbons (Fsp3) is 0.929. The van der Waals surface area contributed by atoms with Crippen molar-refractivity contribution in [3.63, 3.8) is 0 Å². The van der Waals surface area contributed by atoms with E-state index in [0.29, 0.717) is 11.9 Å². The fourth-order valence-electron chi connectivity index (χ4n) is 1.48. The lowest BCUT2D eigenvalue weighted by atomic mass is 10.3. The maximum atomic E-state index is 12.0. The smallest absolute Gasteiger partial charge is 0.320 e. The van der Waals surface area contributed by atoms with Crippen molar-refractivity contribution in [2.45, 2.75) is 63.9 Å². The van der Waals surface area contributed by atoms with Crippen molar-refractivity contribution in [3.8, 4) is 0 Å². The molecule has 0 N–H and O–H groups in total. The zero-order valence-electron chi connectivity index (χ0n) is 12.2. The molecule has 0 aliphatic rings. The van der Waals surface area contributed by atoms with Crippen LogP contribution >= 0.6 is 23.5 Å². The molecule has 2 atom stereocenters. The summed E-state index contributed by atoms with van der Waals surface area (Å²) in [5, 5.41) is 0.343. The Bertz CT molecular complexity index is 210. The number of carbonyl (C=O) groups is 1. The molecule has 108 valence electrons. The van der Waals surface area contributed by atoms with Gasteiger partial charge >= 0.3 is 5.97 Å². The number of hydrogen-bond acceptors (Lipinski definition) is 4. The van der Waals surface area contributed by atoms with Crippen LogP contribution in [0.5, 0.6) is 0 Å². The summed E-state index contributed by atoms with van der Waals surface area (Å²) >= 11 is 3.66. The molecule has 0 radical (unpaired) electrons. The highest BCUT2D eigenvalue weighted by molar-refractivity contribution is 8.04. The van der Waals surface area contributed by atoms with E-state index in [2.05, 4.69) is 20.8 Å². The highest BCUT2D eigenvalue weighted by Gasteiger charge is 2.26. The second-order valence-electron chi connectivity index (χ2n) is 4.33. The second kappa shape index (κ2) is 12.2. The molecule has 0 aromatic rings. The van der Waals surface area contributed by atoms with Crippen molar-refractivity contribution in [2.75, 3.05) is 18.1 Å². The zero-order chi connectivity index (χ0) is 13.8. The Morgan fingerprint density at radius 1 is 1.06 bits per heavy atom. The number of hydrogen-bond donors (Lipinski definition) is 0. The maximum Gasteiger partial charge on any atom is 0.320 e. The van der Waals surface area contributed by atoms with Crippen LogP contribution in [-0.2, 0) is 9.53 Å². The predicted molar refractivity (Wildman–Crippen MR) is 84.6 cm³/mol. The number of esters is 1. The molecule has 0 amide bonds. The monoisotopic (exact) mass is 292 g/mol. The standard InChI is InChI=1S/C14H28O2S2/c1-5-8-10-17-12(4)13(14(15)16-7-3)18-11-9-6-2/h12-13H,5-11H2,1-4H3. The van der Waals surface area contributed by atoms with Gasteiger partial charge in [-0.1, -0.05) is 33.6 Å². The van der Waals surface area contributed by atoms with Gasteiger partial charge < -0.3 is 4.74 Å². The molecular weight excluding hydrogens is 264 g/mol. The molecule has 2 nitrogen and oxygen atoms in total. The lowest BCUT2D eigenvalue weighted by molar-refractivity contribution is -0.142. The molecule has 0 heterocycles. The molecule has 0 aromatic carbocycles. The minimum Gasteiger partial charge on any atom is -0.465 e. The third-order valence-corrected chi connectivity index (χ3v) is 5.60. The van der Waals surface area contributed by atoms with Gasteiger partial charge in [0.15, 0.2) is 0 Å². The van der Waals surface area contributed by atoms with E-state index in [-0.39, 0.29) is 11.2 Å². The quantitative estimate of drug-likeness (QED) is 0.417. The van der Waals surface area contributed by atoms with Crippen molar-refractivity contribution < 1.29 is 9.53 Å². The number of ether oxygens (including phenoxy) is 1. The molecule has 18 heavy (non-hydrogen) atoms. The highest BCUT2D eigenvalue weighted by atomic mass is 32.2. The third-order valence-electron chi connectivity index (χ3n) is 2.62. The molecule has 2 unspecified atom stereocenters. The SMILES string of the molecule is CCCCSC(C)C(SCCCC)C(=O)OCC. The molecule has 0 aliphatic heterocycles. The van der Waals surface area contributed by atoms with Crippen molar-refractivity contribution >= 4 is 29.5 Å². The van der Waals surface area contributed by atoms with Gasteiger partial charge in [0.2, 0.25) is 0 Å². The van der Waals surface area contributed by atoms with E-state index in [0.717, 1.165) is 11.5 Å². The first-order valence-corrected chi connectivity index (χ1v) is 9.16. The van der Waals surface area contributed by atoms with Gasteiger partial charge in [-0.05, 0) is 31.3 Å². The molecule has 0 aromatic heterocycles. The summed E-state index contributed by atoms with van der Waals surface area (Å²) < 4.78 is 5.19. The van der Waals surface area contributed by atoms with E-state index in [9.17, 15) is 4.79 Å². The van der Waals surface area contributed by atoms with Gasteiger partial charge in [-0.25, -0.2) is 0 Å². The fourth-order valence-corrected chi connectivity index (χ4v) is 4.24. The van der Waals surface area contributed by atoms with Crippen LogP contribution in [0, 0.1) is 0 Å². The van der Waals surface area contributed by atoms with Gasteiger partial charge in [-0.15, -0.1) is 11.8 Å². The van der Waals surface area contributed by atoms with Gasteiger partial charge in [0.25, 0.3) is 0 Å². The minimum atomic E-state index is -0.0323. The van der Waals surface area contributed by atoms with Gasteiger partial charge in [0, 0.05) is 5.25 Å². The lowest BCUT2D eigenvalue weighted by Crippen LogP contribution is -2.29. The number of unbranched alkanes of at least 4 members (excludes halogenated alkanes) is 2. The molecule has 0 fully saturated rings. The molecule has 0 aliphatic carbocycles. The summed E-state index contributed by atoms with van der Waals surface area (Å²) in [6.07, 6.45) is 4.80. The van der Waals surface area contributed by atoms with E-state index in [4.69, 9.17) is 4.74 Å². The zero-order valence-corrected chi connectivity index (χ0v) is 13.9. The Balaban J connectivity index is 4.19. The summed E-state index contributed by atoms with van der Waals surface area (Å²) in [7, 11) is 0. The van der Waals surface area contributed by atoms with Crippen LogP contribution in [0.25, 0.3) is 0 Å². The van der Waals surface area contributed by atoms with Crippen LogP contribution in [0.15, 0.2) is 0 Å². The van der Waals surface area contributed by atoms with Crippen LogP contribution in [0.4, 0.5) is 0 Å². The molecule has 0 bridgehead atoms. The molecular formula is C14H28O2S2. The Labute approximate surface area is 121 Å². The first-order valence-electron chi connectivity index (χ1n) is 7.07. The first-order chi connectivity index (χ1) is 8.67. The third kappa shape index (κ3) is 8.30. The average molecular weight is 293 g/mol.